The molecule has 6 heteroatoms. The first-order valence-corrected chi connectivity index (χ1v) is 8.30. The van der Waals surface area contributed by atoms with Crippen LogP contribution in [0, 0.1) is 0 Å². The first-order chi connectivity index (χ1) is 10.1. The van der Waals surface area contributed by atoms with E-state index in [4.69, 9.17) is 16.0 Å². The van der Waals surface area contributed by atoms with Gasteiger partial charge in [-0.1, -0.05) is 24.6 Å². The van der Waals surface area contributed by atoms with Gasteiger partial charge >= 0.3 is 0 Å². The zero-order chi connectivity index (χ0) is 15.2. The number of nitrogens with one attached hydrogen (secondary N) is 1. The van der Waals surface area contributed by atoms with Gasteiger partial charge in [0.25, 0.3) is 5.91 Å². The second kappa shape index (κ2) is 7.43. The van der Waals surface area contributed by atoms with E-state index < -0.39 is 10.8 Å². The van der Waals surface area contributed by atoms with Crippen LogP contribution in [0.1, 0.15) is 29.7 Å². The molecule has 0 spiro atoms. The molecule has 0 aliphatic carbocycles. The Balaban J connectivity index is 2.02. The minimum atomic E-state index is -1.26. The van der Waals surface area contributed by atoms with Gasteiger partial charge < -0.3 is 9.73 Å². The van der Waals surface area contributed by atoms with Crippen molar-refractivity contribution in [3.8, 4) is 0 Å². The molecular weight excluding hydrogens is 310 g/mol. The SMILES string of the molecule is CCCNC(=O)c1ccc(C[S@@](=O)c2cccc(Cl)c2)o1. The summed E-state index contributed by atoms with van der Waals surface area (Å²) in [7, 11) is -1.26. The highest BCUT2D eigenvalue weighted by molar-refractivity contribution is 7.84. The number of rotatable bonds is 6. The molecule has 112 valence electrons. The largest absolute Gasteiger partial charge is 0.455 e. The van der Waals surface area contributed by atoms with E-state index in [-0.39, 0.29) is 17.4 Å². The van der Waals surface area contributed by atoms with E-state index >= 15 is 0 Å². The molecule has 1 atom stereocenters. The average molecular weight is 326 g/mol. The fraction of sp³-hybridized carbons (Fsp3) is 0.267. The Morgan fingerprint density at radius 2 is 2.14 bits per heavy atom. The molecule has 0 aliphatic heterocycles. The predicted octanol–water partition coefficient (Wildman–Crippen LogP) is 3.38. The van der Waals surface area contributed by atoms with Crippen molar-refractivity contribution in [1.29, 1.82) is 0 Å². The number of amides is 1. The third-order valence-corrected chi connectivity index (χ3v) is 4.31. The number of halogens is 1. The zero-order valence-electron chi connectivity index (χ0n) is 11.6. The van der Waals surface area contributed by atoms with Gasteiger partial charge in [-0.3, -0.25) is 9.00 Å². The third kappa shape index (κ3) is 4.44. The molecule has 21 heavy (non-hydrogen) atoms. The smallest absolute Gasteiger partial charge is 0.286 e. The van der Waals surface area contributed by atoms with Crippen LogP contribution in [-0.2, 0) is 16.6 Å². The lowest BCUT2D eigenvalue weighted by Crippen LogP contribution is -2.23. The summed E-state index contributed by atoms with van der Waals surface area (Å²) >= 11 is 5.88. The molecule has 1 N–H and O–H groups in total. The van der Waals surface area contributed by atoms with Gasteiger partial charge in [-0.15, -0.1) is 0 Å². The molecule has 0 unspecified atom stereocenters. The summed E-state index contributed by atoms with van der Waals surface area (Å²) in [5.74, 6) is 0.703. The number of hydrogen-bond donors (Lipinski definition) is 1. The van der Waals surface area contributed by atoms with Gasteiger partial charge in [0, 0.05) is 16.5 Å². The van der Waals surface area contributed by atoms with Gasteiger partial charge in [0.2, 0.25) is 0 Å². The molecule has 1 aromatic heterocycles. The molecule has 0 aliphatic rings. The Labute approximate surface area is 130 Å². The number of furan rings is 1. The van der Waals surface area contributed by atoms with Crippen LogP contribution < -0.4 is 5.32 Å². The summed E-state index contributed by atoms with van der Waals surface area (Å²) in [6, 6.07) is 10.2. The number of carbonyl (C=O) groups is 1. The van der Waals surface area contributed by atoms with Crippen LogP contribution in [0.5, 0.6) is 0 Å². The Hall–Kier alpha value is -1.59. The number of carbonyl (C=O) groups excluding carboxylic acids is 1. The Morgan fingerprint density at radius 1 is 1.33 bits per heavy atom. The van der Waals surface area contributed by atoms with E-state index in [1.165, 1.54) is 0 Å². The number of hydrogen-bond acceptors (Lipinski definition) is 3. The van der Waals surface area contributed by atoms with Crippen molar-refractivity contribution >= 4 is 28.3 Å². The van der Waals surface area contributed by atoms with Gasteiger partial charge in [0.05, 0.1) is 16.6 Å². The van der Waals surface area contributed by atoms with Gasteiger partial charge in [-0.05, 0) is 36.8 Å². The van der Waals surface area contributed by atoms with Crippen molar-refractivity contribution in [1.82, 2.24) is 5.32 Å². The Morgan fingerprint density at radius 3 is 2.86 bits per heavy atom. The maximum Gasteiger partial charge on any atom is 0.286 e. The molecule has 1 amide bonds. The molecule has 2 aromatic rings. The molecule has 0 saturated heterocycles. The number of benzene rings is 1. The topological polar surface area (TPSA) is 59.3 Å². The van der Waals surface area contributed by atoms with Gasteiger partial charge in [-0.2, -0.15) is 0 Å². The molecule has 2 rings (SSSR count). The van der Waals surface area contributed by atoms with Crippen molar-refractivity contribution in [3.63, 3.8) is 0 Å². The summed E-state index contributed by atoms with van der Waals surface area (Å²) in [4.78, 5) is 12.4. The lowest BCUT2D eigenvalue weighted by atomic mass is 10.4. The van der Waals surface area contributed by atoms with Crippen molar-refractivity contribution in [2.45, 2.75) is 24.0 Å². The monoisotopic (exact) mass is 325 g/mol. The molecule has 4 nitrogen and oxygen atoms in total. The summed E-state index contributed by atoms with van der Waals surface area (Å²) in [6.07, 6.45) is 0.859. The molecule has 0 bridgehead atoms. The van der Waals surface area contributed by atoms with E-state index in [0.717, 1.165) is 6.42 Å². The van der Waals surface area contributed by atoms with Crippen LogP contribution >= 0.6 is 11.6 Å². The van der Waals surface area contributed by atoms with E-state index in [2.05, 4.69) is 5.32 Å². The van der Waals surface area contributed by atoms with Gasteiger partial charge in [0.1, 0.15) is 5.76 Å². The van der Waals surface area contributed by atoms with Crippen molar-refractivity contribution in [2.24, 2.45) is 0 Å². The first-order valence-electron chi connectivity index (χ1n) is 6.61. The molecule has 1 heterocycles. The fourth-order valence-electron chi connectivity index (χ4n) is 1.72. The van der Waals surface area contributed by atoms with E-state index in [1.807, 2.05) is 6.92 Å². The minimum absolute atomic E-state index is 0.210. The minimum Gasteiger partial charge on any atom is -0.455 e. The molecule has 0 fully saturated rings. The normalized spacial score (nSPS) is 12.1. The summed E-state index contributed by atoms with van der Waals surface area (Å²) in [5, 5.41) is 3.27. The van der Waals surface area contributed by atoms with Gasteiger partial charge in [0.15, 0.2) is 5.76 Å². The van der Waals surface area contributed by atoms with E-state index in [9.17, 15) is 9.00 Å². The fourth-order valence-corrected chi connectivity index (χ4v) is 3.05. The third-order valence-electron chi connectivity index (χ3n) is 2.75. The Kier molecular flexibility index (Phi) is 5.59. The zero-order valence-corrected chi connectivity index (χ0v) is 13.2. The van der Waals surface area contributed by atoms with Crippen molar-refractivity contribution in [2.75, 3.05) is 6.54 Å². The molecule has 0 radical (unpaired) electrons. The predicted molar refractivity (Wildman–Crippen MR) is 82.9 cm³/mol. The van der Waals surface area contributed by atoms with Crippen molar-refractivity contribution in [3.05, 3.63) is 52.9 Å². The lowest BCUT2D eigenvalue weighted by molar-refractivity contribution is 0.0924. The standard InChI is InChI=1S/C15H16ClNO3S/c1-2-8-17-15(18)14-7-6-12(20-14)10-21(19)13-5-3-4-11(16)9-13/h3-7,9H,2,8,10H2,1H3,(H,17,18)/t21-/m1/s1. The van der Waals surface area contributed by atoms with Crippen LogP contribution in [-0.4, -0.2) is 16.7 Å². The first kappa shape index (κ1) is 15.8. The van der Waals surface area contributed by atoms with Crippen LogP contribution in [0.25, 0.3) is 0 Å². The Bertz CT molecular complexity index is 654. The van der Waals surface area contributed by atoms with Crippen LogP contribution in [0.4, 0.5) is 0 Å². The van der Waals surface area contributed by atoms with Gasteiger partial charge in [-0.25, -0.2) is 0 Å². The van der Waals surface area contributed by atoms with Crippen LogP contribution in [0.3, 0.4) is 0 Å². The highest BCUT2D eigenvalue weighted by atomic mass is 35.5. The highest BCUT2D eigenvalue weighted by Gasteiger charge is 2.13. The molecular formula is C15H16ClNO3S. The van der Waals surface area contributed by atoms with Crippen molar-refractivity contribution < 1.29 is 13.4 Å². The second-order valence-corrected chi connectivity index (χ2v) is 6.36. The van der Waals surface area contributed by atoms with E-state index in [0.29, 0.717) is 22.2 Å². The quantitative estimate of drug-likeness (QED) is 0.885. The summed E-state index contributed by atoms with van der Waals surface area (Å²) in [6.45, 7) is 2.57. The summed E-state index contributed by atoms with van der Waals surface area (Å²) in [5.41, 5.74) is 0. The molecule has 1 aromatic carbocycles. The van der Waals surface area contributed by atoms with E-state index in [1.54, 1.807) is 36.4 Å². The summed E-state index contributed by atoms with van der Waals surface area (Å²) < 4.78 is 17.6. The second-order valence-electron chi connectivity index (χ2n) is 4.47. The van der Waals surface area contributed by atoms with Crippen LogP contribution in [0.15, 0.2) is 45.7 Å². The average Bonchev–Trinajstić information content (AvgIpc) is 2.93. The van der Waals surface area contributed by atoms with Crippen LogP contribution in [0.2, 0.25) is 5.02 Å². The lowest BCUT2D eigenvalue weighted by Gasteiger charge is -2.01. The maximum atomic E-state index is 12.2. The maximum absolute atomic E-state index is 12.2. The molecule has 0 saturated carbocycles. The highest BCUT2D eigenvalue weighted by Crippen LogP contribution is 2.18.